The van der Waals surface area contributed by atoms with Gasteiger partial charge in [0, 0.05) is 23.3 Å². The van der Waals surface area contributed by atoms with E-state index in [9.17, 15) is 0 Å². The minimum absolute atomic E-state index is 0.764. The van der Waals surface area contributed by atoms with Crippen LogP contribution in [-0.4, -0.2) is 29.9 Å². The van der Waals surface area contributed by atoms with Crippen molar-refractivity contribution in [2.75, 3.05) is 19.6 Å². The Morgan fingerprint density at radius 1 is 0.846 bits per heavy atom. The summed E-state index contributed by atoms with van der Waals surface area (Å²) in [5.74, 6) is 0. The standard InChI is InChI=1S/C10H26N2Si/c11-7-9-12-8-5-3-1-2-4-6-10-13/h12H,1-11H2,13H3. The van der Waals surface area contributed by atoms with Crippen LogP contribution in [0.5, 0.6) is 0 Å². The van der Waals surface area contributed by atoms with E-state index in [4.69, 9.17) is 5.73 Å². The predicted octanol–water partition coefficient (Wildman–Crippen LogP) is 0.659. The fourth-order valence-electron chi connectivity index (χ4n) is 1.43. The van der Waals surface area contributed by atoms with Gasteiger partial charge < -0.3 is 11.1 Å². The highest BCUT2D eigenvalue weighted by molar-refractivity contribution is 6.08. The van der Waals surface area contributed by atoms with Gasteiger partial charge >= 0.3 is 0 Å². The van der Waals surface area contributed by atoms with Crippen molar-refractivity contribution in [3.8, 4) is 0 Å². The molecule has 0 aromatic heterocycles. The van der Waals surface area contributed by atoms with Gasteiger partial charge in [0.05, 0.1) is 0 Å². The Balaban J connectivity index is 2.76. The van der Waals surface area contributed by atoms with Crippen molar-refractivity contribution < 1.29 is 0 Å². The quantitative estimate of drug-likeness (QED) is 0.403. The van der Waals surface area contributed by atoms with E-state index in [1.54, 1.807) is 0 Å². The highest BCUT2D eigenvalue weighted by Crippen LogP contribution is 2.05. The fourth-order valence-corrected chi connectivity index (χ4v) is 1.93. The van der Waals surface area contributed by atoms with Crippen molar-refractivity contribution in [2.45, 2.75) is 44.6 Å². The topological polar surface area (TPSA) is 38.0 Å². The molecule has 0 aliphatic heterocycles. The monoisotopic (exact) mass is 202 g/mol. The van der Waals surface area contributed by atoms with Crippen molar-refractivity contribution in [1.29, 1.82) is 0 Å². The molecule has 0 radical (unpaired) electrons. The molecule has 0 rings (SSSR count). The maximum Gasteiger partial charge on any atom is 0.00745 e. The molecule has 0 amide bonds. The molecule has 3 N–H and O–H groups in total. The second-order valence-corrected chi connectivity index (χ2v) is 4.66. The SMILES string of the molecule is NCCNCCCCCCCC[SiH3]. The van der Waals surface area contributed by atoms with Crippen LogP contribution in [-0.2, 0) is 0 Å². The predicted molar refractivity (Wildman–Crippen MR) is 64.4 cm³/mol. The average molecular weight is 202 g/mol. The Labute approximate surface area is 86.1 Å². The summed E-state index contributed by atoms with van der Waals surface area (Å²) in [6.07, 6.45) is 8.50. The van der Waals surface area contributed by atoms with Crippen LogP contribution in [0.15, 0.2) is 0 Å². The van der Waals surface area contributed by atoms with Gasteiger partial charge in [0.1, 0.15) is 0 Å². The van der Waals surface area contributed by atoms with Crippen molar-refractivity contribution in [1.82, 2.24) is 5.32 Å². The third-order valence-electron chi connectivity index (χ3n) is 2.28. The first-order chi connectivity index (χ1) is 6.41. The molecule has 0 spiro atoms. The first-order valence-electron chi connectivity index (χ1n) is 5.82. The molecule has 0 unspecified atom stereocenters. The van der Waals surface area contributed by atoms with Crippen LogP contribution >= 0.6 is 0 Å². The first-order valence-corrected chi connectivity index (χ1v) is 7.24. The average Bonchev–Trinajstić information content (AvgIpc) is 2.16. The van der Waals surface area contributed by atoms with E-state index in [0.717, 1.165) is 19.6 Å². The normalized spacial score (nSPS) is 10.8. The van der Waals surface area contributed by atoms with Crippen molar-refractivity contribution in [3.63, 3.8) is 0 Å². The van der Waals surface area contributed by atoms with Gasteiger partial charge in [-0.2, -0.15) is 0 Å². The van der Waals surface area contributed by atoms with Gasteiger partial charge in [0.15, 0.2) is 0 Å². The number of hydrogen-bond acceptors (Lipinski definition) is 2. The lowest BCUT2D eigenvalue weighted by Crippen LogP contribution is -2.23. The summed E-state index contributed by atoms with van der Waals surface area (Å²) in [6.45, 7) is 2.89. The van der Waals surface area contributed by atoms with E-state index in [1.165, 1.54) is 54.8 Å². The van der Waals surface area contributed by atoms with Gasteiger partial charge in [-0.25, -0.2) is 0 Å². The number of hydrogen-bond donors (Lipinski definition) is 2. The molecule has 3 heteroatoms. The molecular formula is C10H26N2Si. The maximum atomic E-state index is 5.37. The van der Waals surface area contributed by atoms with E-state index >= 15 is 0 Å². The molecule has 0 saturated carbocycles. The van der Waals surface area contributed by atoms with Crippen molar-refractivity contribution in [2.24, 2.45) is 5.73 Å². The van der Waals surface area contributed by atoms with E-state index in [-0.39, 0.29) is 0 Å². The lowest BCUT2D eigenvalue weighted by atomic mass is 10.1. The second kappa shape index (κ2) is 12.1. The fraction of sp³-hybridized carbons (Fsp3) is 1.00. The Kier molecular flexibility index (Phi) is 12.3. The summed E-state index contributed by atoms with van der Waals surface area (Å²) < 4.78 is 0. The van der Waals surface area contributed by atoms with Gasteiger partial charge in [0.25, 0.3) is 0 Å². The zero-order valence-corrected chi connectivity index (χ0v) is 11.1. The highest BCUT2D eigenvalue weighted by atomic mass is 28.1. The van der Waals surface area contributed by atoms with Crippen LogP contribution in [0, 0.1) is 0 Å². The van der Waals surface area contributed by atoms with Crippen LogP contribution in [0.3, 0.4) is 0 Å². The van der Waals surface area contributed by atoms with Crippen molar-refractivity contribution >= 4 is 10.2 Å². The highest BCUT2D eigenvalue weighted by Gasteiger charge is 1.90. The minimum atomic E-state index is 0.764. The molecule has 0 saturated heterocycles. The molecule has 0 bridgehead atoms. The van der Waals surface area contributed by atoms with Gasteiger partial charge in [-0.15, -0.1) is 0 Å². The van der Waals surface area contributed by atoms with Gasteiger partial charge in [-0.05, 0) is 13.0 Å². The molecule has 0 fully saturated rings. The Hall–Kier alpha value is 0.137. The number of nitrogens with one attached hydrogen (secondary N) is 1. The van der Waals surface area contributed by atoms with Gasteiger partial charge in [-0.3, -0.25) is 0 Å². The molecule has 13 heavy (non-hydrogen) atoms. The number of rotatable bonds is 10. The van der Waals surface area contributed by atoms with Gasteiger partial charge in [0.2, 0.25) is 0 Å². The third-order valence-corrected chi connectivity index (χ3v) is 2.99. The lowest BCUT2D eigenvalue weighted by Gasteiger charge is -2.02. The second-order valence-electron chi connectivity index (χ2n) is 3.66. The Bertz CT molecular complexity index is 79.0. The summed E-state index contributed by atoms with van der Waals surface area (Å²) >= 11 is 0. The summed E-state index contributed by atoms with van der Waals surface area (Å²) in [5, 5.41) is 3.32. The molecule has 2 nitrogen and oxygen atoms in total. The summed E-state index contributed by atoms with van der Waals surface area (Å²) in [5.41, 5.74) is 5.37. The molecule has 80 valence electrons. The molecule has 0 aliphatic carbocycles. The molecule has 0 aromatic carbocycles. The summed E-state index contributed by atoms with van der Waals surface area (Å²) in [4.78, 5) is 0. The lowest BCUT2D eigenvalue weighted by molar-refractivity contribution is 0.575. The van der Waals surface area contributed by atoms with E-state index < -0.39 is 0 Å². The van der Waals surface area contributed by atoms with Crippen LogP contribution < -0.4 is 11.1 Å². The zero-order valence-electron chi connectivity index (χ0n) is 9.15. The van der Waals surface area contributed by atoms with E-state index in [1.807, 2.05) is 0 Å². The third kappa shape index (κ3) is 12.1. The summed E-state index contributed by atoms with van der Waals surface area (Å²) in [6, 6.07) is 1.48. The number of nitrogens with two attached hydrogens (primary N) is 1. The maximum absolute atomic E-state index is 5.37. The Morgan fingerprint density at radius 3 is 2.08 bits per heavy atom. The Morgan fingerprint density at radius 2 is 1.46 bits per heavy atom. The largest absolute Gasteiger partial charge is 0.329 e. The molecule has 0 heterocycles. The molecule has 0 atom stereocenters. The minimum Gasteiger partial charge on any atom is -0.329 e. The number of unbranched alkanes of at least 4 members (excludes halogenated alkanes) is 5. The smallest absolute Gasteiger partial charge is 0.00745 e. The first kappa shape index (κ1) is 13.1. The van der Waals surface area contributed by atoms with Crippen molar-refractivity contribution in [3.05, 3.63) is 0 Å². The molecule has 0 aromatic rings. The van der Waals surface area contributed by atoms with Crippen LogP contribution in [0.2, 0.25) is 6.04 Å². The van der Waals surface area contributed by atoms with Crippen LogP contribution in [0.1, 0.15) is 38.5 Å². The van der Waals surface area contributed by atoms with Gasteiger partial charge in [-0.1, -0.05) is 38.1 Å². The van der Waals surface area contributed by atoms with Crippen LogP contribution in [0.4, 0.5) is 0 Å². The molecular weight excluding hydrogens is 176 g/mol. The van der Waals surface area contributed by atoms with Crippen LogP contribution in [0.25, 0.3) is 0 Å². The van der Waals surface area contributed by atoms with E-state index in [2.05, 4.69) is 5.32 Å². The summed E-state index contributed by atoms with van der Waals surface area (Å²) in [7, 11) is 1.39. The zero-order chi connectivity index (χ0) is 9.78. The molecule has 0 aliphatic rings. The van der Waals surface area contributed by atoms with E-state index in [0.29, 0.717) is 0 Å².